The van der Waals surface area contributed by atoms with Crippen LogP contribution in [0.1, 0.15) is 46.0 Å². The summed E-state index contributed by atoms with van der Waals surface area (Å²) < 4.78 is 1.69. The second-order valence-electron chi connectivity index (χ2n) is 3.41. The summed E-state index contributed by atoms with van der Waals surface area (Å²) in [6.45, 7) is 4.54. The molecular weight excluding hydrogens is 330 g/mol. The molecule has 0 bridgehead atoms. The van der Waals surface area contributed by atoms with E-state index in [1.807, 2.05) is 0 Å². The van der Waals surface area contributed by atoms with E-state index in [-0.39, 0.29) is 37.2 Å². The van der Waals surface area contributed by atoms with Gasteiger partial charge in [0, 0.05) is 0 Å². The molecule has 0 saturated carbocycles. The summed E-state index contributed by atoms with van der Waals surface area (Å²) in [6, 6.07) is 0. The Kier molecular flexibility index (Phi) is 16.8. The molecule has 0 heterocycles. The molecule has 0 saturated heterocycles. The van der Waals surface area contributed by atoms with Crippen LogP contribution in [0.15, 0.2) is 20.5 Å². The molecule has 1 aliphatic carbocycles. The average Bonchev–Trinajstić information content (AvgIpc) is 2.38. The van der Waals surface area contributed by atoms with Crippen LogP contribution in [-0.4, -0.2) is 0 Å². The van der Waals surface area contributed by atoms with Crippen molar-refractivity contribution in [1.82, 2.24) is 0 Å². The Morgan fingerprint density at radius 2 is 1.60 bits per heavy atom. The third-order valence-electron chi connectivity index (χ3n) is 2.34. The first-order valence-corrected chi connectivity index (χ1v) is 6.15. The molecule has 0 aromatic rings. The predicted octanol–water partition coefficient (Wildman–Crippen LogP) is -5.27. The summed E-state index contributed by atoms with van der Waals surface area (Å²) in [4.78, 5) is 0. The van der Waals surface area contributed by atoms with Crippen LogP contribution in [0.3, 0.4) is 0 Å². The number of allylic oxidation sites excluding steroid dienone is 4. The Bertz CT molecular complexity index is 212. The molecule has 0 aromatic heterocycles. The van der Waals surface area contributed by atoms with E-state index in [9.17, 15) is 0 Å². The van der Waals surface area contributed by atoms with Gasteiger partial charge in [-0.25, -0.2) is 0 Å². The van der Waals surface area contributed by atoms with Crippen LogP contribution in [0.4, 0.5) is 0 Å². The van der Waals surface area contributed by atoms with E-state index in [4.69, 9.17) is 0 Å². The molecule has 1 rings (SSSR count). The summed E-state index contributed by atoms with van der Waals surface area (Å²) in [6.07, 6.45) is 8.92. The quantitative estimate of drug-likeness (QED) is 0.477. The van der Waals surface area contributed by atoms with Crippen molar-refractivity contribution in [3.05, 3.63) is 20.5 Å². The summed E-state index contributed by atoms with van der Waals surface area (Å²) in [5, 5.41) is 0. The van der Waals surface area contributed by atoms with Crippen LogP contribution in [0.2, 0.25) is 0 Å². The van der Waals surface area contributed by atoms with E-state index in [2.05, 4.69) is 19.9 Å². The Hall–Kier alpha value is 1.23. The zero-order valence-corrected chi connectivity index (χ0v) is 14.0. The van der Waals surface area contributed by atoms with E-state index < -0.39 is 0 Å². The van der Waals surface area contributed by atoms with Gasteiger partial charge in [0.05, 0.1) is 0 Å². The van der Waals surface area contributed by atoms with Crippen molar-refractivity contribution >= 4 is 0 Å². The fourth-order valence-electron chi connectivity index (χ4n) is 1.70. The summed E-state index contributed by atoms with van der Waals surface area (Å²) in [5.41, 5.74) is 3.37. The Morgan fingerprint density at radius 1 is 1.07 bits per heavy atom. The van der Waals surface area contributed by atoms with Crippen LogP contribution in [-0.2, 0) is 24.7 Å². The number of rotatable bonds is 4. The predicted molar refractivity (Wildman–Crippen MR) is 49.5 cm³/mol. The van der Waals surface area contributed by atoms with Crippen molar-refractivity contribution in [3.63, 3.8) is 0 Å². The first kappa shape index (κ1) is 21.5. The summed E-state index contributed by atoms with van der Waals surface area (Å²) >= 11 is 1.62. The molecule has 0 aliphatic heterocycles. The van der Waals surface area contributed by atoms with Gasteiger partial charge >= 0.3 is 91.2 Å². The smallest absolute Gasteiger partial charge is 1.00 e. The summed E-state index contributed by atoms with van der Waals surface area (Å²) in [7, 11) is 0. The zero-order chi connectivity index (χ0) is 8.97. The van der Waals surface area contributed by atoms with Crippen molar-refractivity contribution in [2.45, 2.75) is 46.0 Å². The van der Waals surface area contributed by atoms with E-state index in [0.29, 0.717) is 0 Å². The molecule has 1 aliphatic rings. The fraction of sp³-hybridized carbons (Fsp3) is 0.636. The molecule has 86 valence electrons. The Labute approximate surface area is 127 Å². The molecule has 0 aromatic carbocycles. The monoisotopic (exact) mass is 344 g/mol. The van der Waals surface area contributed by atoms with Gasteiger partial charge in [0.25, 0.3) is 0 Å². The van der Waals surface area contributed by atoms with E-state index in [1.165, 1.54) is 32.1 Å². The zero-order valence-electron chi connectivity index (χ0n) is 9.25. The first-order chi connectivity index (χ1) is 5.79. The van der Waals surface area contributed by atoms with Crippen LogP contribution in [0, 0.1) is 0 Å². The van der Waals surface area contributed by atoms with Gasteiger partial charge in [0.15, 0.2) is 0 Å². The normalized spacial score (nSPS) is 13.7. The minimum absolute atomic E-state index is 0. The molecule has 0 radical (unpaired) electrons. The number of hydrogen-bond acceptors (Lipinski definition) is 0. The molecule has 0 fully saturated rings. The van der Waals surface area contributed by atoms with Crippen LogP contribution in [0.25, 0.3) is 0 Å². The van der Waals surface area contributed by atoms with Gasteiger partial charge in [-0.15, -0.1) is 0 Å². The fourth-order valence-corrected chi connectivity index (χ4v) is 2.82. The van der Waals surface area contributed by atoms with Gasteiger partial charge < -0.3 is 37.2 Å². The Balaban J connectivity index is -0.000000480. The maximum absolute atomic E-state index is 2.44. The second kappa shape index (κ2) is 11.7. The van der Waals surface area contributed by atoms with Gasteiger partial charge in [-0.05, 0) is 0 Å². The van der Waals surface area contributed by atoms with E-state index >= 15 is 0 Å². The third-order valence-corrected chi connectivity index (χ3v) is 4.00. The average molecular weight is 347 g/mol. The Morgan fingerprint density at radius 3 is 2.07 bits per heavy atom. The molecule has 0 N–H and O–H groups in total. The first-order valence-electron chi connectivity index (χ1n) is 4.92. The molecule has 15 heavy (non-hydrogen) atoms. The van der Waals surface area contributed by atoms with Crippen molar-refractivity contribution < 1.29 is 61.9 Å². The third kappa shape index (κ3) is 6.52. The number of hydrogen-bond donors (Lipinski definition) is 0. The molecule has 0 nitrogen and oxygen atoms in total. The molecule has 4 heteroatoms. The SMILES string of the molecule is CCCC1=CCC(CCC)=[C]1[Zr+3].[Cl-].[Cl-].[Cl-]. The molecular formula is C11H17Cl3Zr. The largest absolute Gasteiger partial charge is 1.00 e. The molecule has 0 amide bonds. The topological polar surface area (TPSA) is 0 Å². The maximum Gasteiger partial charge on any atom is -1.00 e. The standard InChI is InChI=1S/C11H17.3ClH.Zr/c1-3-5-10-7-8-11(9-10)6-4-2;;;;/h7H,3-6,8H2,1-2H3;3*1H;/q;;;;+3/p-3. The van der Waals surface area contributed by atoms with Gasteiger partial charge in [-0.3, -0.25) is 0 Å². The van der Waals surface area contributed by atoms with Gasteiger partial charge in [-0.2, -0.15) is 0 Å². The van der Waals surface area contributed by atoms with Crippen molar-refractivity contribution in [2.75, 3.05) is 0 Å². The van der Waals surface area contributed by atoms with Crippen molar-refractivity contribution in [2.24, 2.45) is 0 Å². The van der Waals surface area contributed by atoms with E-state index in [0.717, 1.165) is 0 Å². The van der Waals surface area contributed by atoms with Gasteiger partial charge in [0.2, 0.25) is 0 Å². The van der Waals surface area contributed by atoms with Crippen LogP contribution >= 0.6 is 0 Å². The van der Waals surface area contributed by atoms with Crippen molar-refractivity contribution in [1.29, 1.82) is 0 Å². The number of halogens is 3. The molecule has 0 atom stereocenters. The molecule has 0 spiro atoms. The minimum Gasteiger partial charge on any atom is -1.00 e. The van der Waals surface area contributed by atoms with Crippen LogP contribution < -0.4 is 37.2 Å². The summed E-state index contributed by atoms with van der Waals surface area (Å²) in [5.74, 6) is 0. The van der Waals surface area contributed by atoms with Crippen LogP contribution in [0.5, 0.6) is 0 Å². The van der Waals surface area contributed by atoms with Gasteiger partial charge in [0.1, 0.15) is 0 Å². The van der Waals surface area contributed by atoms with Gasteiger partial charge in [-0.1, -0.05) is 0 Å². The van der Waals surface area contributed by atoms with Crippen molar-refractivity contribution in [3.8, 4) is 0 Å². The molecule has 0 unspecified atom stereocenters. The minimum atomic E-state index is 0. The van der Waals surface area contributed by atoms with E-state index in [1.54, 1.807) is 39.1 Å². The maximum atomic E-state index is 2.44. The second-order valence-corrected chi connectivity index (χ2v) is 4.64.